The second kappa shape index (κ2) is 7.87. The molecule has 0 radical (unpaired) electrons. The predicted molar refractivity (Wildman–Crippen MR) is 101 cm³/mol. The Morgan fingerprint density at radius 2 is 2.08 bits per heavy atom. The topological polar surface area (TPSA) is 92.3 Å². The van der Waals surface area contributed by atoms with Crippen LogP contribution >= 0.6 is 23.2 Å². The molecule has 9 heteroatoms. The third kappa shape index (κ3) is 3.77. The molecule has 2 aromatic carbocycles. The molecule has 0 saturated carbocycles. The van der Waals surface area contributed by atoms with Crippen LogP contribution in [0.3, 0.4) is 0 Å². The molecule has 7 nitrogen and oxygen atoms in total. The Balaban J connectivity index is 1.95. The van der Waals surface area contributed by atoms with Gasteiger partial charge in [0, 0.05) is 0 Å². The number of fused-ring (bicyclic) bond motifs is 1. The lowest BCUT2D eigenvalue weighted by Crippen LogP contribution is -2.30. The molecule has 130 valence electrons. The summed E-state index contributed by atoms with van der Waals surface area (Å²) in [6.45, 7) is -0.314. The van der Waals surface area contributed by atoms with Crippen LogP contribution < -0.4 is 15.8 Å². The van der Waals surface area contributed by atoms with E-state index in [0.29, 0.717) is 26.5 Å². The second-order valence-corrected chi connectivity index (χ2v) is 5.84. The summed E-state index contributed by atoms with van der Waals surface area (Å²) in [7, 11) is 0. The Hall–Kier alpha value is -3.08. The summed E-state index contributed by atoms with van der Waals surface area (Å²) in [6, 6.07) is 13.6. The van der Waals surface area contributed by atoms with Gasteiger partial charge in [-0.2, -0.15) is 10.4 Å². The number of benzene rings is 2. The van der Waals surface area contributed by atoms with E-state index in [1.807, 2.05) is 6.07 Å². The normalized spacial score (nSPS) is 10.8. The molecule has 1 heterocycles. The zero-order chi connectivity index (χ0) is 18.5. The highest BCUT2D eigenvalue weighted by Gasteiger charge is 2.11. The van der Waals surface area contributed by atoms with Gasteiger partial charge in [0.25, 0.3) is 11.5 Å². The number of nitrogens with zero attached hydrogens (tertiary/aromatic N) is 4. The first-order valence-corrected chi connectivity index (χ1v) is 8.12. The molecule has 0 aliphatic heterocycles. The monoisotopic (exact) mass is 387 g/mol. The number of halogens is 2. The van der Waals surface area contributed by atoms with E-state index in [1.165, 1.54) is 6.21 Å². The van der Waals surface area contributed by atoms with E-state index < -0.39 is 5.56 Å². The smallest absolute Gasteiger partial charge is 0.296 e. The van der Waals surface area contributed by atoms with Crippen LogP contribution in [0.1, 0.15) is 5.56 Å². The highest BCUT2D eigenvalue weighted by atomic mass is 35.5. The van der Waals surface area contributed by atoms with Crippen LogP contribution in [0.5, 0.6) is 0 Å². The molecule has 1 N–H and O–H groups in total. The minimum atomic E-state index is -0.446. The minimum absolute atomic E-state index is 0.0419. The van der Waals surface area contributed by atoms with Crippen molar-refractivity contribution in [1.29, 1.82) is 5.26 Å². The van der Waals surface area contributed by atoms with E-state index in [1.54, 1.807) is 42.5 Å². The quantitative estimate of drug-likeness (QED) is 0.536. The maximum Gasteiger partial charge on any atom is 0.296 e. The van der Waals surface area contributed by atoms with Gasteiger partial charge in [0.05, 0.1) is 27.2 Å². The standard InChI is InChI=1S/C17H11Cl2N5O2/c18-13-6-5-11(9-14(13)19)10-21-23-17-22-15-4-2-1-3-12(15)16(25)24(17)26-8-7-20/h1-6,9-10H,8H2,(H,22,23)/b21-10-. The molecular formula is C17H11Cl2N5O2. The van der Waals surface area contributed by atoms with E-state index in [9.17, 15) is 4.79 Å². The molecule has 26 heavy (non-hydrogen) atoms. The van der Waals surface area contributed by atoms with Gasteiger partial charge in [-0.05, 0) is 29.8 Å². The van der Waals surface area contributed by atoms with Crippen molar-refractivity contribution in [2.24, 2.45) is 5.10 Å². The van der Waals surface area contributed by atoms with Gasteiger partial charge in [0.15, 0.2) is 0 Å². The molecule has 0 spiro atoms. The van der Waals surface area contributed by atoms with Gasteiger partial charge in [-0.1, -0.05) is 41.4 Å². The van der Waals surface area contributed by atoms with Gasteiger partial charge < -0.3 is 4.84 Å². The SMILES string of the molecule is N#CCOn1c(N/N=C\c2ccc(Cl)c(Cl)c2)nc2ccccc2c1=O. The number of anilines is 1. The van der Waals surface area contributed by atoms with E-state index in [2.05, 4.69) is 15.5 Å². The minimum Gasteiger partial charge on any atom is -0.392 e. The maximum atomic E-state index is 12.5. The fraction of sp³-hybridized carbons (Fsp3) is 0.0588. The lowest BCUT2D eigenvalue weighted by molar-refractivity contribution is 0.133. The first-order valence-electron chi connectivity index (χ1n) is 7.36. The van der Waals surface area contributed by atoms with E-state index in [0.717, 1.165) is 4.73 Å². The Kier molecular flexibility index (Phi) is 5.37. The summed E-state index contributed by atoms with van der Waals surface area (Å²) in [5, 5.41) is 13.9. The molecule has 0 bridgehead atoms. The predicted octanol–water partition coefficient (Wildman–Crippen LogP) is 3.10. The summed E-state index contributed by atoms with van der Waals surface area (Å²) in [5.74, 6) is 0.0419. The van der Waals surface area contributed by atoms with Gasteiger partial charge in [0.1, 0.15) is 6.07 Å². The average molecular weight is 388 g/mol. The molecule has 0 atom stereocenters. The highest BCUT2D eigenvalue weighted by molar-refractivity contribution is 6.42. The van der Waals surface area contributed by atoms with Crippen molar-refractivity contribution >= 4 is 46.3 Å². The van der Waals surface area contributed by atoms with Gasteiger partial charge in [-0.15, -0.1) is 4.73 Å². The molecule has 0 amide bonds. The van der Waals surface area contributed by atoms with Crippen LogP contribution in [0.25, 0.3) is 10.9 Å². The zero-order valence-corrected chi connectivity index (χ0v) is 14.7. The van der Waals surface area contributed by atoms with E-state index in [-0.39, 0.29) is 12.6 Å². The number of rotatable bonds is 5. The fourth-order valence-corrected chi connectivity index (χ4v) is 2.46. The first-order chi connectivity index (χ1) is 12.6. The number of aromatic nitrogens is 2. The van der Waals surface area contributed by atoms with Crippen LogP contribution in [0.15, 0.2) is 52.4 Å². The molecule has 3 aromatic rings. The number of hydrazone groups is 1. The van der Waals surface area contributed by atoms with Crippen molar-refractivity contribution in [3.63, 3.8) is 0 Å². The molecule has 0 aliphatic carbocycles. The summed E-state index contributed by atoms with van der Waals surface area (Å²) in [4.78, 5) is 22.0. The molecular weight excluding hydrogens is 377 g/mol. The molecule has 0 aliphatic rings. The van der Waals surface area contributed by atoms with Gasteiger partial charge in [-0.25, -0.2) is 10.4 Å². The maximum absolute atomic E-state index is 12.5. The molecule has 0 fully saturated rings. The number of nitriles is 1. The summed E-state index contributed by atoms with van der Waals surface area (Å²) >= 11 is 11.8. The molecule has 1 aromatic heterocycles. The Morgan fingerprint density at radius 3 is 2.85 bits per heavy atom. The third-order valence-corrected chi connectivity index (χ3v) is 4.06. The molecule has 3 rings (SSSR count). The van der Waals surface area contributed by atoms with E-state index in [4.69, 9.17) is 33.3 Å². The lowest BCUT2D eigenvalue weighted by atomic mass is 10.2. The average Bonchev–Trinajstić information content (AvgIpc) is 2.64. The largest absolute Gasteiger partial charge is 0.392 e. The van der Waals surface area contributed by atoms with Crippen molar-refractivity contribution in [1.82, 2.24) is 9.71 Å². The van der Waals surface area contributed by atoms with E-state index >= 15 is 0 Å². The van der Waals surface area contributed by atoms with Crippen molar-refractivity contribution in [3.05, 3.63) is 68.4 Å². The fourth-order valence-electron chi connectivity index (χ4n) is 2.16. The van der Waals surface area contributed by atoms with Crippen LogP contribution in [-0.2, 0) is 0 Å². The third-order valence-electron chi connectivity index (χ3n) is 3.32. The number of hydrogen-bond acceptors (Lipinski definition) is 6. The highest BCUT2D eigenvalue weighted by Crippen LogP contribution is 2.21. The van der Waals surface area contributed by atoms with Crippen molar-refractivity contribution in [2.45, 2.75) is 0 Å². The van der Waals surface area contributed by atoms with Gasteiger partial charge in [0.2, 0.25) is 6.61 Å². The Labute approximate surface area is 158 Å². The molecule has 0 saturated heterocycles. The van der Waals surface area contributed by atoms with Gasteiger partial charge >= 0.3 is 0 Å². The van der Waals surface area contributed by atoms with Crippen LogP contribution in [0.2, 0.25) is 10.0 Å². The number of hydrogen-bond donors (Lipinski definition) is 1. The van der Waals surface area contributed by atoms with Gasteiger partial charge in [-0.3, -0.25) is 4.79 Å². The number of para-hydroxylation sites is 1. The molecule has 0 unspecified atom stereocenters. The van der Waals surface area contributed by atoms with Crippen LogP contribution in [0.4, 0.5) is 5.95 Å². The summed E-state index contributed by atoms with van der Waals surface area (Å²) < 4.78 is 0.901. The first kappa shape index (κ1) is 17.7. The van der Waals surface area contributed by atoms with Crippen molar-refractivity contribution in [2.75, 3.05) is 12.0 Å². The summed E-state index contributed by atoms with van der Waals surface area (Å²) in [6.07, 6.45) is 1.48. The van der Waals surface area contributed by atoms with Crippen molar-refractivity contribution < 1.29 is 4.84 Å². The Bertz CT molecular complexity index is 1090. The van der Waals surface area contributed by atoms with Crippen LogP contribution in [-0.4, -0.2) is 22.5 Å². The Morgan fingerprint density at radius 1 is 1.27 bits per heavy atom. The van der Waals surface area contributed by atoms with Crippen LogP contribution in [0, 0.1) is 11.3 Å². The second-order valence-electron chi connectivity index (χ2n) is 5.03. The zero-order valence-electron chi connectivity index (χ0n) is 13.2. The van der Waals surface area contributed by atoms with Crippen molar-refractivity contribution in [3.8, 4) is 6.07 Å². The number of nitrogens with one attached hydrogen (secondary N) is 1. The lowest BCUT2D eigenvalue weighted by Gasteiger charge is -2.11. The summed E-state index contributed by atoms with van der Waals surface area (Å²) in [5.41, 5.74) is 3.37.